The van der Waals surface area contributed by atoms with Gasteiger partial charge in [0.25, 0.3) is 10.2 Å². The zero-order valence-corrected chi connectivity index (χ0v) is 8.82. The lowest BCUT2D eigenvalue weighted by atomic mass is 9.80. The summed E-state index contributed by atoms with van der Waals surface area (Å²) in [4.78, 5) is 0. The summed E-state index contributed by atoms with van der Waals surface area (Å²) < 4.78 is 23.6. The third kappa shape index (κ3) is 3.52. The molecule has 0 aliphatic heterocycles. The first kappa shape index (κ1) is 12.0. The fourth-order valence-corrected chi connectivity index (χ4v) is 1.59. The fraction of sp³-hybridized carbons (Fsp3) is 0.143. The average Bonchev–Trinajstić information content (AvgIpc) is 2.06. The number of aryl methyl sites for hydroxylation is 1. The molecular weight excluding hydrogens is 219 g/mol. The van der Waals surface area contributed by atoms with E-state index in [2.05, 4.69) is 4.72 Å². The van der Waals surface area contributed by atoms with Crippen LogP contribution >= 0.6 is 0 Å². The van der Waals surface area contributed by atoms with Crippen molar-refractivity contribution in [3.05, 3.63) is 23.8 Å². The van der Waals surface area contributed by atoms with Gasteiger partial charge in [0.1, 0.15) is 0 Å². The first-order valence-electron chi connectivity index (χ1n) is 4.07. The highest BCUT2D eigenvalue weighted by atomic mass is 32.2. The van der Waals surface area contributed by atoms with E-state index in [1.54, 1.807) is 13.0 Å². The molecule has 0 radical (unpaired) electrons. The van der Waals surface area contributed by atoms with Crippen molar-refractivity contribution in [1.82, 2.24) is 0 Å². The van der Waals surface area contributed by atoms with Crippen LogP contribution in [-0.4, -0.2) is 25.6 Å². The molecule has 1 aromatic rings. The lowest BCUT2D eigenvalue weighted by molar-refractivity contribution is 0.426. The van der Waals surface area contributed by atoms with Gasteiger partial charge in [0, 0.05) is 0 Å². The van der Waals surface area contributed by atoms with Gasteiger partial charge in [-0.2, -0.15) is 8.42 Å². The van der Waals surface area contributed by atoms with Crippen LogP contribution in [-0.2, 0) is 10.2 Å². The third-order valence-electron chi connectivity index (χ3n) is 1.81. The van der Waals surface area contributed by atoms with Crippen molar-refractivity contribution in [1.29, 1.82) is 0 Å². The Labute approximate surface area is 88.1 Å². The van der Waals surface area contributed by atoms with E-state index in [-0.39, 0.29) is 11.2 Å². The van der Waals surface area contributed by atoms with Gasteiger partial charge in [-0.25, -0.2) is 5.14 Å². The minimum absolute atomic E-state index is 0.187. The van der Waals surface area contributed by atoms with E-state index in [1.807, 2.05) is 0 Å². The van der Waals surface area contributed by atoms with Crippen molar-refractivity contribution >= 4 is 28.5 Å². The third-order valence-corrected chi connectivity index (χ3v) is 2.32. The quantitative estimate of drug-likeness (QED) is 0.463. The molecule has 1 rings (SSSR count). The molecule has 0 fully saturated rings. The number of hydrogen-bond donors (Lipinski definition) is 4. The average molecular weight is 230 g/mol. The van der Waals surface area contributed by atoms with E-state index in [4.69, 9.17) is 15.2 Å². The van der Waals surface area contributed by atoms with Crippen molar-refractivity contribution in [2.45, 2.75) is 6.92 Å². The topological polar surface area (TPSA) is 113 Å². The minimum atomic E-state index is -3.86. The summed E-state index contributed by atoms with van der Waals surface area (Å²) in [6.07, 6.45) is 0. The maximum Gasteiger partial charge on any atom is 0.488 e. The summed E-state index contributed by atoms with van der Waals surface area (Å²) in [7, 11) is -5.50. The first-order chi connectivity index (χ1) is 6.79. The van der Waals surface area contributed by atoms with Gasteiger partial charge in [0.2, 0.25) is 0 Å². The Balaban J connectivity index is 3.11. The van der Waals surface area contributed by atoms with E-state index in [0.29, 0.717) is 5.56 Å². The van der Waals surface area contributed by atoms with E-state index < -0.39 is 17.3 Å². The summed E-state index contributed by atoms with van der Waals surface area (Å²) in [5.74, 6) is 0. The van der Waals surface area contributed by atoms with Crippen LogP contribution in [0.3, 0.4) is 0 Å². The summed E-state index contributed by atoms with van der Waals surface area (Å²) in [6.45, 7) is 1.67. The maximum atomic E-state index is 10.8. The van der Waals surface area contributed by atoms with E-state index in [0.717, 1.165) is 0 Å². The minimum Gasteiger partial charge on any atom is -0.423 e. The molecule has 5 N–H and O–H groups in total. The number of hydrogen-bond acceptors (Lipinski definition) is 4. The van der Waals surface area contributed by atoms with Crippen LogP contribution in [0.15, 0.2) is 18.2 Å². The Morgan fingerprint density at radius 3 is 2.47 bits per heavy atom. The van der Waals surface area contributed by atoms with Gasteiger partial charge in [-0.15, -0.1) is 0 Å². The largest absolute Gasteiger partial charge is 0.488 e. The first-order valence-corrected chi connectivity index (χ1v) is 5.61. The van der Waals surface area contributed by atoms with Gasteiger partial charge in [-0.3, -0.25) is 4.72 Å². The molecule has 1 aromatic carbocycles. The Morgan fingerprint density at radius 2 is 2.00 bits per heavy atom. The van der Waals surface area contributed by atoms with Crippen molar-refractivity contribution in [3.8, 4) is 0 Å². The molecule has 0 bridgehead atoms. The Hall–Kier alpha value is -1.09. The molecule has 0 aliphatic carbocycles. The Morgan fingerprint density at radius 1 is 1.40 bits per heavy atom. The number of nitrogens with one attached hydrogen (secondary N) is 1. The number of rotatable bonds is 3. The smallest absolute Gasteiger partial charge is 0.423 e. The summed E-state index contributed by atoms with van der Waals surface area (Å²) in [5, 5.41) is 22.6. The molecule has 0 heterocycles. The van der Waals surface area contributed by atoms with Crippen molar-refractivity contribution in [3.63, 3.8) is 0 Å². The molecule has 0 saturated heterocycles. The highest BCUT2D eigenvalue weighted by molar-refractivity contribution is 7.90. The van der Waals surface area contributed by atoms with E-state index in [9.17, 15) is 8.42 Å². The van der Waals surface area contributed by atoms with Crippen LogP contribution in [0.4, 0.5) is 5.69 Å². The lowest BCUT2D eigenvalue weighted by Crippen LogP contribution is -2.31. The Kier molecular flexibility index (Phi) is 3.35. The summed E-state index contributed by atoms with van der Waals surface area (Å²) in [6, 6.07) is 4.35. The summed E-state index contributed by atoms with van der Waals surface area (Å²) >= 11 is 0. The van der Waals surface area contributed by atoms with Crippen LogP contribution in [0, 0.1) is 6.92 Å². The predicted molar refractivity (Wildman–Crippen MR) is 57.7 cm³/mol. The van der Waals surface area contributed by atoms with Crippen LogP contribution in [0.1, 0.15) is 5.56 Å². The summed E-state index contributed by atoms with van der Waals surface area (Å²) in [5.41, 5.74) is 1.04. The van der Waals surface area contributed by atoms with Gasteiger partial charge >= 0.3 is 7.12 Å². The number of anilines is 1. The molecule has 0 aliphatic rings. The van der Waals surface area contributed by atoms with Crippen LogP contribution in [0.5, 0.6) is 0 Å². The monoisotopic (exact) mass is 230 g/mol. The molecule has 0 spiro atoms. The lowest BCUT2D eigenvalue weighted by Gasteiger charge is -2.09. The number of benzene rings is 1. The maximum absolute atomic E-state index is 10.8. The van der Waals surface area contributed by atoms with Crippen molar-refractivity contribution < 1.29 is 18.5 Å². The van der Waals surface area contributed by atoms with Gasteiger partial charge in [-0.1, -0.05) is 12.1 Å². The van der Waals surface area contributed by atoms with Crippen molar-refractivity contribution in [2.24, 2.45) is 5.14 Å². The molecule has 0 saturated carbocycles. The SMILES string of the molecule is Cc1ccc(B(O)O)cc1NS(N)(=O)=O. The standard InChI is InChI=1S/C7H11BN2O4S/c1-5-2-3-6(8(11)12)4-7(5)10-15(9,13)14/h2-4,10-12H,1H3,(H2,9,13,14). The van der Waals surface area contributed by atoms with E-state index in [1.165, 1.54) is 12.1 Å². The molecule has 8 heteroatoms. The molecule has 6 nitrogen and oxygen atoms in total. The molecule has 15 heavy (non-hydrogen) atoms. The highest BCUT2D eigenvalue weighted by Gasteiger charge is 2.13. The van der Waals surface area contributed by atoms with Gasteiger partial charge in [0.05, 0.1) is 5.69 Å². The van der Waals surface area contributed by atoms with Gasteiger partial charge < -0.3 is 10.0 Å². The predicted octanol–water partition coefficient (Wildman–Crippen LogP) is -1.71. The Bertz CT molecular complexity index is 460. The second-order valence-electron chi connectivity index (χ2n) is 3.10. The highest BCUT2D eigenvalue weighted by Crippen LogP contribution is 2.12. The molecule has 82 valence electrons. The van der Waals surface area contributed by atoms with E-state index >= 15 is 0 Å². The molecular formula is C7H11BN2O4S. The number of nitrogens with two attached hydrogens (primary N) is 1. The molecule has 0 unspecified atom stereocenters. The normalized spacial score (nSPS) is 11.2. The van der Waals surface area contributed by atoms with Crippen LogP contribution in [0.25, 0.3) is 0 Å². The fourth-order valence-electron chi connectivity index (χ4n) is 1.06. The second-order valence-corrected chi connectivity index (χ2v) is 4.39. The zero-order valence-electron chi connectivity index (χ0n) is 8.01. The molecule has 0 atom stereocenters. The molecule has 0 aromatic heterocycles. The zero-order chi connectivity index (χ0) is 11.6. The van der Waals surface area contributed by atoms with Crippen molar-refractivity contribution in [2.75, 3.05) is 4.72 Å². The van der Waals surface area contributed by atoms with Crippen LogP contribution in [0.2, 0.25) is 0 Å². The van der Waals surface area contributed by atoms with Crippen LogP contribution < -0.4 is 15.3 Å². The van der Waals surface area contributed by atoms with Gasteiger partial charge in [-0.05, 0) is 24.0 Å². The molecule has 0 amide bonds. The second kappa shape index (κ2) is 4.19. The van der Waals surface area contributed by atoms with Gasteiger partial charge in [0.15, 0.2) is 0 Å².